The number of nitrogens with two attached hydrogens (primary N) is 3. The summed E-state index contributed by atoms with van der Waals surface area (Å²) in [5.41, 5.74) is 19.6. The van der Waals surface area contributed by atoms with Gasteiger partial charge in [0.05, 0.1) is 5.92 Å². The van der Waals surface area contributed by atoms with Gasteiger partial charge in [0, 0.05) is 10.7 Å². The molecule has 3 rings (SSSR count). The van der Waals surface area contributed by atoms with Crippen molar-refractivity contribution in [3.63, 3.8) is 0 Å². The molecule has 2 aromatic carbocycles. The molecule has 1 aromatic heterocycles. The maximum atomic E-state index is 6.39. The summed E-state index contributed by atoms with van der Waals surface area (Å²) in [5, 5.41) is 0.524. The third kappa shape index (κ3) is 3.17. The molecular weight excluding hydrogens is 312 g/mol. The lowest BCUT2D eigenvalue weighted by atomic mass is 9.90. The van der Waals surface area contributed by atoms with Gasteiger partial charge in [-0.1, -0.05) is 48.0 Å². The van der Waals surface area contributed by atoms with Crippen molar-refractivity contribution < 1.29 is 0 Å². The molecule has 7 heteroatoms. The number of nitrogen functional groups attached to an aromatic ring is 3. The molecular formula is C16H15ClN6. The fourth-order valence-electron chi connectivity index (χ4n) is 2.45. The van der Waals surface area contributed by atoms with Crippen LogP contribution in [0.4, 0.5) is 17.6 Å². The molecule has 0 fully saturated rings. The molecule has 0 bridgehead atoms. The van der Waals surface area contributed by atoms with E-state index >= 15 is 0 Å². The van der Waals surface area contributed by atoms with Crippen LogP contribution in [0.3, 0.4) is 0 Å². The van der Waals surface area contributed by atoms with Crippen molar-refractivity contribution in [2.75, 3.05) is 17.2 Å². The lowest BCUT2D eigenvalue weighted by molar-refractivity contribution is 0.843. The van der Waals surface area contributed by atoms with Crippen LogP contribution in [0, 0.1) is 0 Å². The summed E-state index contributed by atoms with van der Waals surface area (Å²) in [5.74, 6) is 0.254. The van der Waals surface area contributed by atoms with Crippen molar-refractivity contribution >= 4 is 29.2 Å². The summed E-state index contributed by atoms with van der Waals surface area (Å²) in [6, 6.07) is 15.1. The topological polar surface area (TPSA) is 117 Å². The fourth-order valence-corrected chi connectivity index (χ4v) is 2.74. The quantitative estimate of drug-likeness (QED) is 0.636. The highest BCUT2D eigenvalue weighted by Gasteiger charge is 2.23. The van der Waals surface area contributed by atoms with Crippen molar-refractivity contribution in [1.82, 2.24) is 15.0 Å². The first kappa shape index (κ1) is 15.1. The van der Waals surface area contributed by atoms with Gasteiger partial charge in [0.15, 0.2) is 0 Å². The summed E-state index contributed by atoms with van der Waals surface area (Å²) in [6.45, 7) is 0. The summed E-state index contributed by atoms with van der Waals surface area (Å²) < 4.78 is 0. The Labute approximate surface area is 138 Å². The van der Waals surface area contributed by atoms with E-state index in [1.807, 2.05) is 36.4 Å². The average molecular weight is 327 g/mol. The van der Waals surface area contributed by atoms with Crippen LogP contribution in [0.1, 0.15) is 22.9 Å². The summed E-state index contributed by atoms with van der Waals surface area (Å²) in [6.07, 6.45) is 0. The van der Waals surface area contributed by atoms with Crippen LogP contribution in [0.15, 0.2) is 48.5 Å². The molecule has 0 saturated carbocycles. The molecule has 0 radical (unpaired) electrons. The Hall–Kier alpha value is -2.86. The van der Waals surface area contributed by atoms with Crippen LogP contribution in [0.2, 0.25) is 5.02 Å². The van der Waals surface area contributed by atoms with Gasteiger partial charge in [-0.05, 0) is 23.3 Å². The van der Waals surface area contributed by atoms with Gasteiger partial charge >= 0.3 is 0 Å². The van der Waals surface area contributed by atoms with Gasteiger partial charge in [0.2, 0.25) is 11.9 Å². The predicted octanol–water partition coefficient (Wildman–Crippen LogP) is 2.45. The van der Waals surface area contributed by atoms with E-state index in [2.05, 4.69) is 15.0 Å². The van der Waals surface area contributed by atoms with Gasteiger partial charge in [-0.25, -0.2) is 0 Å². The minimum Gasteiger partial charge on any atom is -0.399 e. The first-order valence-electron chi connectivity index (χ1n) is 6.91. The maximum Gasteiger partial charge on any atom is 0.225 e. The number of halogens is 1. The largest absolute Gasteiger partial charge is 0.399 e. The Morgan fingerprint density at radius 2 is 1.48 bits per heavy atom. The second-order valence-electron chi connectivity index (χ2n) is 5.03. The van der Waals surface area contributed by atoms with Crippen LogP contribution < -0.4 is 17.2 Å². The number of hydrogen-bond donors (Lipinski definition) is 3. The first-order valence-corrected chi connectivity index (χ1v) is 7.29. The number of benzene rings is 2. The van der Waals surface area contributed by atoms with Crippen LogP contribution in [0.5, 0.6) is 0 Å². The van der Waals surface area contributed by atoms with Gasteiger partial charge < -0.3 is 17.2 Å². The van der Waals surface area contributed by atoms with Crippen LogP contribution in [0.25, 0.3) is 0 Å². The summed E-state index contributed by atoms with van der Waals surface area (Å²) in [7, 11) is 0. The molecule has 0 saturated heterocycles. The van der Waals surface area contributed by atoms with E-state index in [1.54, 1.807) is 12.1 Å². The van der Waals surface area contributed by atoms with Crippen LogP contribution in [-0.2, 0) is 0 Å². The van der Waals surface area contributed by atoms with E-state index in [9.17, 15) is 0 Å². The molecule has 6 nitrogen and oxygen atoms in total. The Bertz CT molecular complexity index is 817. The smallest absolute Gasteiger partial charge is 0.225 e. The van der Waals surface area contributed by atoms with Crippen molar-refractivity contribution in [2.24, 2.45) is 0 Å². The van der Waals surface area contributed by atoms with Gasteiger partial charge in [-0.3, -0.25) is 0 Å². The van der Waals surface area contributed by atoms with Crippen molar-refractivity contribution in [3.05, 3.63) is 70.5 Å². The highest BCUT2D eigenvalue weighted by atomic mass is 35.5. The zero-order valence-electron chi connectivity index (χ0n) is 12.1. The highest BCUT2D eigenvalue weighted by Crippen LogP contribution is 2.35. The van der Waals surface area contributed by atoms with Gasteiger partial charge in [-0.2, -0.15) is 15.0 Å². The number of anilines is 3. The first-order chi connectivity index (χ1) is 11.0. The number of hydrogen-bond acceptors (Lipinski definition) is 6. The summed E-state index contributed by atoms with van der Waals surface area (Å²) in [4.78, 5) is 12.3. The minimum atomic E-state index is -0.322. The molecule has 23 heavy (non-hydrogen) atoms. The number of nitrogens with zero attached hydrogens (tertiary/aromatic N) is 3. The van der Waals surface area contributed by atoms with Gasteiger partial charge in [0.25, 0.3) is 0 Å². The fraction of sp³-hybridized carbons (Fsp3) is 0.0625. The Morgan fingerprint density at radius 3 is 2.09 bits per heavy atom. The monoisotopic (exact) mass is 326 g/mol. The predicted molar refractivity (Wildman–Crippen MR) is 91.9 cm³/mol. The molecule has 116 valence electrons. The van der Waals surface area contributed by atoms with E-state index in [0.29, 0.717) is 16.5 Å². The third-order valence-corrected chi connectivity index (χ3v) is 3.74. The zero-order chi connectivity index (χ0) is 16.4. The van der Waals surface area contributed by atoms with E-state index in [4.69, 9.17) is 28.8 Å². The maximum absolute atomic E-state index is 6.39. The molecule has 0 aliphatic rings. The molecule has 1 atom stereocenters. The molecule has 1 unspecified atom stereocenters. The Morgan fingerprint density at radius 1 is 0.826 bits per heavy atom. The second kappa shape index (κ2) is 6.10. The molecule has 0 aliphatic heterocycles. The Kier molecular flexibility index (Phi) is 3.99. The molecule has 3 aromatic rings. The number of aromatic nitrogens is 3. The van der Waals surface area contributed by atoms with E-state index in [-0.39, 0.29) is 17.8 Å². The lowest BCUT2D eigenvalue weighted by Gasteiger charge is -2.18. The zero-order valence-corrected chi connectivity index (χ0v) is 12.9. The van der Waals surface area contributed by atoms with Crippen LogP contribution >= 0.6 is 11.6 Å². The van der Waals surface area contributed by atoms with E-state index < -0.39 is 0 Å². The third-order valence-electron chi connectivity index (χ3n) is 3.41. The average Bonchev–Trinajstić information content (AvgIpc) is 2.50. The molecule has 1 heterocycles. The lowest BCUT2D eigenvalue weighted by Crippen LogP contribution is -2.13. The number of rotatable bonds is 3. The van der Waals surface area contributed by atoms with Gasteiger partial charge in [0.1, 0.15) is 5.82 Å². The molecule has 0 spiro atoms. The summed E-state index contributed by atoms with van der Waals surface area (Å²) >= 11 is 6.39. The van der Waals surface area contributed by atoms with Crippen molar-refractivity contribution in [3.8, 4) is 0 Å². The molecule has 0 amide bonds. The van der Waals surface area contributed by atoms with Crippen molar-refractivity contribution in [1.29, 1.82) is 0 Å². The molecule has 6 N–H and O–H groups in total. The standard InChI is InChI=1S/C16H15ClN6/c17-12-8-10(18)6-7-11(12)13(9-4-2-1-3-5-9)14-21-15(19)23-16(20)22-14/h1-8,13H,18H2,(H4,19,20,21,22,23). The SMILES string of the molecule is Nc1ccc(C(c2ccccc2)c2nc(N)nc(N)n2)c(Cl)c1. The normalized spacial score (nSPS) is 12.0. The van der Waals surface area contributed by atoms with Gasteiger partial charge in [-0.15, -0.1) is 0 Å². The highest BCUT2D eigenvalue weighted by molar-refractivity contribution is 6.31. The van der Waals surface area contributed by atoms with E-state index in [0.717, 1.165) is 11.1 Å². The van der Waals surface area contributed by atoms with E-state index in [1.165, 1.54) is 0 Å². The van der Waals surface area contributed by atoms with Crippen LogP contribution in [-0.4, -0.2) is 15.0 Å². The van der Waals surface area contributed by atoms with Crippen molar-refractivity contribution in [2.45, 2.75) is 5.92 Å². The Balaban J connectivity index is 2.22. The second-order valence-corrected chi connectivity index (χ2v) is 5.44. The molecule has 0 aliphatic carbocycles. The minimum absolute atomic E-state index is 0.0694.